The fourth-order valence-corrected chi connectivity index (χ4v) is 3.74. The minimum Gasteiger partial charge on any atom is -0.465 e. The average Bonchev–Trinajstić information content (AvgIpc) is 2.64. The van der Waals surface area contributed by atoms with Crippen molar-refractivity contribution in [1.82, 2.24) is 9.55 Å². The summed E-state index contributed by atoms with van der Waals surface area (Å²) in [5.74, 6) is 0.257. The summed E-state index contributed by atoms with van der Waals surface area (Å²) in [5.41, 5.74) is 1.33. The van der Waals surface area contributed by atoms with E-state index in [1.54, 1.807) is 35.9 Å². The zero-order chi connectivity index (χ0) is 18.8. The Morgan fingerprint density at radius 3 is 2.65 bits per heavy atom. The van der Waals surface area contributed by atoms with E-state index in [4.69, 9.17) is 4.74 Å². The number of methoxy groups -OCH3 is 1. The molecular formula is C18H19N3O4S. The maximum atomic E-state index is 12.7. The van der Waals surface area contributed by atoms with Crippen molar-refractivity contribution in [3.05, 3.63) is 51.3 Å². The Hall–Kier alpha value is -2.61. The first-order valence-electron chi connectivity index (χ1n) is 8.18. The molecule has 1 aromatic heterocycles. The summed E-state index contributed by atoms with van der Waals surface area (Å²) in [5, 5.41) is 3.37. The molecule has 1 aliphatic rings. The molecule has 26 heavy (non-hydrogen) atoms. The summed E-state index contributed by atoms with van der Waals surface area (Å²) >= 11 is 1.44. The fraction of sp³-hybridized carbons (Fsp3) is 0.333. The summed E-state index contributed by atoms with van der Waals surface area (Å²) in [6.45, 7) is 1.97. The second-order valence-electron chi connectivity index (χ2n) is 5.87. The Balaban J connectivity index is 2.09. The third-order valence-corrected chi connectivity index (χ3v) is 5.22. The highest BCUT2D eigenvalue weighted by Gasteiger charge is 2.32. The molecule has 0 unspecified atom stereocenters. The number of nitrogens with one attached hydrogen (secondary N) is 1. The van der Waals surface area contributed by atoms with Crippen LogP contribution in [0.15, 0.2) is 34.2 Å². The molecule has 0 bridgehead atoms. The second kappa shape index (κ2) is 7.33. The molecule has 1 aliphatic heterocycles. The van der Waals surface area contributed by atoms with Gasteiger partial charge >= 0.3 is 5.97 Å². The number of hydrogen-bond donors (Lipinski definition) is 1. The lowest BCUT2D eigenvalue weighted by Gasteiger charge is -2.27. The van der Waals surface area contributed by atoms with E-state index in [9.17, 15) is 14.4 Å². The molecular weight excluding hydrogens is 354 g/mol. The number of esters is 1. The number of thioether (sulfide) groups is 1. The summed E-state index contributed by atoms with van der Waals surface area (Å²) in [4.78, 5) is 40.7. The van der Waals surface area contributed by atoms with Gasteiger partial charge in [-0.3, -0.25) is 9.59 Å². The number of hydrogen-bond acceptors (Lipinski definition) is 6. The van der Waals surface area contributed by atoms with Crippen LogP contribution in [0.3, 0.4) is 0 Å². The van der Waals surface area contributed by atoms with Crippen molar-refractivity contribution >= 4 is 29.5 Å². The highest BCUT2D eigenvalue weighted by Crippen LogP contribution is 2.35. The number of benzene rings is 1. The third kappa shape index (κ3) is 3.24. The topological polar surface area (TPSA) is 90.3 Å². The summed E-state index contributed by atoms with van der Waals surface area (Å²) < 4.78 is 6.44. The summed E-state index contributed by atoms with van der Waals surface area (Å²) in [6.07, 6.45) is 0.155. The van der Waals surface area contributed by atoms with Gasteiger partial charge in [0.2, 0.25) is 5.91 Å². The van der Waals surface area contributed by atoms with E-state index in [1.165, 1.54) is 18.9 Å². The first-order chi connectivity index (χ1) is 12.5. The number of anilines is 1. The molecule has 2 heterocycles. The molecule has 3 rings (SSSR count). The zero-order valence-corrected chi connectivity index (χ0v) is 15.6. The van der Waals surface area contributed by atoms with Crippen molar-refractivity contribution in [2.24, 2.45) is 7.05 Å². The molecule has 2 aromatic rings. The lowest BCUT2D eigenvalue weighted by molar-refractivity contribution is -0.116. The van der Waals surface area contributed by atoms with E-state index in [0.29, 0.717) is 22.1 Å². The van der Waals surface area contributed by atoms with Crippen LogP contribution in [0.2, 0.25) is 0 Å². The molecule has 7 nitrogen and oxygen atoms in total. The van der Waals surface area contributed by atoms with Gasteiger partial charge in [0.1, 0.15) is 5.82 Å². The normalized spacial score (nSPS) is 16.0. The van der Waals surface area contributed by atoms with Crippen LogP contribution in [-0.2, 0) is 16.6 Å². The molecule has 136 valence electrons. The van der Waals surface area contributed by atoms with Gasteiger partial charge in [0.15, 0.2) is 5.16 Å². The predicted molar refractivity (Wildman–Crippen MR) is 98.7 cm³/mol. The van der Waals surface area contributed by atoms with Crippen LogP contribution in [0, 0.1) is 0 Å². The molecule has 0 spiro atoms. The van der Waals surface area contributed by atoms with Gasteiger partial charge in [0.05, 0.1) is 18.2 Å². The number of amides is 1. The standard InChI is InChI=1S/C18H19N3O4S/c1-4-26-18-20-16(23)14-12(9-13(22)19-15(14)21(18)2)10-5-7-11(8-6-10)17(24)25-3/h5-8,12H,4,9H2,1-3H3,(H,19,22)/t12-/m1/s1. The first-order valence-corrected chi connectivity index (χ1v) is 9.16. The van der Waals surface area contributed by atoms with E-state index >= 15 is 0 Å². The Kier molecular flexibility index (Phi) is 5.13. The Labute approximate surface area is 154 Å². The Bertz CT molecular complexity index is 921. The lowest BCUT2D eigenvalue weighted by atomic mass is 9.86. The van der Waals surface area contributed by atoms with Crippen molar-refractivity contribution in [3.63, 3.8) is 0 Å². The first kappa shape index (κ1) is 18.2. The molecule has 0 saturated heterocycles. The summed E-state index contributed by atoms with van der Waals surface area (Å²) in [6, 6.07) is 6.75. The molecule has 0 radical (unpaired) electrons. The number of ether oxygens (including phenoxy) is 1. The Morgan fingerprint density at radius 1 is 1.35 bits per heavy atom. The number of nitrogens with zero attached hydrogens (tertiary/aromatic N) is 2. The number of carbonyl (C=O) groups is 2. The van der Waals surface area contributed by atoms with Gasteiger partial charge in [-0.25, -0.2) is 4.79 Å². The van der Waals surface area contributed by atoms with Crippen LogP contribution in [-0.4, -0.2) is 34.3 Å². The van der Waals surface area contributed by atoms with Crippen molar-refractivity contribution in [1.29, 1.82) is 0 Å². The van der Waals surface area contributed by atoms with E-state index < -0.39 is 11.9 Å². The van der Waals surface area contributed by atoms with Gasteiger partial charge in [0.25, 0.3) is 5.56 Å². The van der Waals surface area contributed by atoms with Gasteiger partial charge in [-0.1, -0.05) is 30.8 Å². The van der Waals surface area contributed by atoms with Crippen LogP contribution in [0.4, 0.5) is 5.82 Å². The minimum atomic E-state index is -0.433. The monoisotopic (exact) mass is 373 g/mol. The van der Waals surface area contributed by atoms with Crippen LogP contribution in [0.1, 0.15) is 40.7 Å². The molecule has 0 fully saturated rings. The molecule has 1 atom stereocenters. The molecule has 0 aliphatic carbocycles. The second-order valence-corrected chi connectivity index (χ2v) is 7.10. The molecule has 8 heteroatoms. The number of aromatic nitrogens is 2. The number of rotatable bonds is 4. The summed E-state index contributed by atoms with van der Waals surface area (Å²) in [7, 11) is 3.10. The maximum Gasteiger partial charge on any atom is 0.337 e. The van der Waals surface area contributed by atoms with Crippen molar-refractivity contribution in [3.8, 4) is 0 Å². The van der Waals surface area contributed by atoms with Crippen LogP contribution in [0.5, 0.6) is 0 Å². The zero-order valence-electron chi connectivity index (χ0n) is 14.7. The minimum absolute atomic E-state index is 0.155. The molecule has 0 saturated carbocycles. The smallest absolute Gasteiger partial charge is 0.337 e. The highest BCUT2D eigenvalue weighted by molar-refractivity contribution is 7.99. The highest BCUT2D eigenvalue weighted by atomic mass is 32.2. The van der Waals surface area contributed by atoms with Crippen LogP contribution in [0.25, 0.3) is 0 Å². The van der Waals surface area contributed by atoms with Crippen molar-refractivity contribution < 1.29 is 14.3 Å². The van der Waals surface area contributed by atoms with Gasteiger partial charge in [-0.05, 0) is 23.4 Å². The van der Waals surface area contributed by atoms with E-state index in [1.807, 2.05) is 6.92 Å². The SMILES string of the molecule is CCSc1nc(=O)c2c(n1C)NC(=O)C[C@@H]2c1ccc(C(=O)OC)cc1. The van der Waals surface area contributed by atoms with Gasteiger partial charge in [0, 0.05) is 19.4 Å². The Morgan fingerprint density at radius 2 is 2.04 bits per heavy atom. The van der Waals surface area contributed by atoms with E-state index in [0.717, 1.165) is 11.3 Å². The van der Waals surface area contributed by atoms with Crippen LogP contribution >= 0.6 is 11.8 Å². The van der Waals surface area contributed by atoms with Crippen molar-refractivity contribution in [2.75, 3.05) is 18.2 Å². The maximum absolute atomic E-state index is 12.7. The molecule has 1 amide bonds. The van der Waals surface area contributed by atoms with Gasteiger partial charge < -0.3 is 14.6 Å². The van der Waals surface area contributed by atoms with Gasteiger partial charge in [-0.15, -0.1) is 0 Å². The number of carbonyl (C=O) groups excluding carboxylic acids is 2. The van der Waals surface area contributed by atoms with Crippen LogP contribution < -0.4 is 10.9 Å². The quantitative estimate of drug-likeness (QED) is 0.502. The average molecular weight is 373 g/mol. The number of fused-ring (bicyclic) bond motifs is 1. The lowest BCUT2D eigenvalue weighted by Crippen LogP contribution is -2.33. The fourth-order valence-electron chi connectivity index (χ4n) is 3.05. The van der Waals surface area contributed by atoms with Crippen molar-refractivity contribution in [2.45, 2.75) is 24.4 Å². The van der Waals surface area contributed by atoms with E-state index in [2.05, 4.69) is 10.3 Å². The van der Waals surface area contributed by atoms with Gasteiger partial charge in [-0.2, -0.15) is 4.98 Å². The molecule has 1 aromatic carbocycles. The molecule has 1 N–H and O–H groups in total. The van der Waals surface area contributed by atoms with E-state index in [-0.39, 0.29) is 17.9 Å². The largest absolute Gasteiger partial charge is 0.465 e. The predicted octanol–water partition coefficient (Wildman–Crippen LogP) is 2.15. The third-order valence-electron chi connectivity index (χ3n) is 4.31.